The van der Waals surface area contributed by atoms with Crippen LogP contribution >= 0.6 is 0 Å². The summed E-state index contributed by atoms with van der Waals surface area (Å²) in [5.41, 5.74) is 5.57. The third-order valence-electron chi connectivity index (χ3n) is 3.80. The largest absolute Gasteiger partial charge is 0.337 e. The fourth-order valence-electron chi connectivity index (χ4n) is 2.54. The van der Waals surface area contributed by atoms with Gasteiger partial charge in [-0.2, -0.15) is 0 Å². The van der Waals surface area contributed by atoms with E-state index in [1.807, 2.05) is 0 Å². The Bertz CT molecular complexity index is 230. The van der Waals surface area contributed by atoms with Crippen LogP contribution < -0.4 is 5.73 Å². The number of hydrogen-bond donors (Lipinski definition) is 1. The Balaban J connectivity index is 2.45. The van der Waals surface area contributed by atoms with Crippen molar-refractivity contribution in [1.82, 2.24) is 4.90 Å². The Labute approximate surface area is 99.4 Å². The van der Waals surface area contributed by atoms with Crippen molar-refractivity contribution in [2.24, 2.45) is 11.7 Å². The summed E-state index contributed by atoms with van der Waals surface area (Å²) in [6, 6.07) is 0.918. The van der Waals surface area contributed by atoms with E-state index in [-0.39, 0.29) is 0 Å². The summed E-state index contributed by atoms with van der Waals surface area (Å²) in [5.74, 6) is 0.791. The molecule has 0 aliphatic carbocycles. The molecule has 3 nitrogen and oxygen atoms in total. The second-order valence-corrected chi connectivity index (χ2v) is 5.17. The first-order valence-electron chi connectivity index (χ1n) is 6.61. The molecule has 1 aliphatic rings. The fourth-order valence-corrected chi connectivity index (χ4v) is 2.54. The van der Waals surface area contributed by atoms with Gasteiger partial charge in [-0.3, -0.25) is 4.79 Å². The number of carbonyl (C=O) groups excluding carboxylic acids is 1. The molecule has 1 fully saturated rings. The lowest BCUT2D eigenvalue weighted by molar-refractivity contribution is -0.134. The fraction of sp³-hybridized carbons (Fsp3) is 0.923. The zero-order chi connectivity index (χ0) is 12.1. The van der Waals surface area contributed by atoms with E-state index in [2.05, 4.69) is 25.7 Å². The minimum Gasteiger partial charge on any atom is -0.337 e. The Hall–Kier alpha value is -0.570. The molecule has 0 spiro atoms. The second-order valence-electron chi connectivity index (χ2n) is 5.17. The van der Waals surface area contributed by atoms with Crippen LogP contribution in [0, 0.1) is 5.92 Å². The number of hydrogen-bond acceptors (Lipinski definition) is 2. The van der Waals surface area contributed by atoms with Crippen molar-refractivity contribution in [3.63, 3.8) is 0 Å². The van der Waals surface area contributed by atoms with Crippen LogP contribution in [0.5, 0.6) is 0 Å². The van der Waals surface area contributed by atoms with Gasteiger partial charge in [0.2, 0.25) is 5.91 Å². The van der Waals surface area contributed by atoms with Crippen LogP contribution in [-0.4, -0.2) is 29.4 Å². The molecular formula is C13H26N2O. The first kappa shape index (κ1) is 13.5. The molecule has 1 rings (SSSR count). The Morgan fingerprint density at radius 1 is 1.50 bits per heavy atom. The van der Waals surface area contributed by atoms with Gasteiger partial charge in [0.05, 0.1) is 0 Å². The molecule has 3 atom stereocenters. The van der Waals surface area contributed by atoms with Gasteiger partial charge < -0.3 is 10.6 Å². The summed E-state index contributed by atoms with van der Waals surface area (Å²) in [4.78, 5) is 14.2. The first-order valence-corrected chi connectivity index (χ1v) is 6.61. The van der Waals surface area contributed by atoms with Crippen LogP contribution in [0.15, 0.2) is 0 Å². The van der Waals surface area contributed by atoms with Gasteiger partial charge in [0.1, 0.15) is 0 Å². The highest BCUT2D eigenvalue weighted by Crippen LogP contribution is 2.27. The molecule has 3 unspecified atom stereocenters. The van der Waals surface area contributed by atoms with Crippen molar-refractivity contribution in [2.45, 2.75) is 65.0 Å². The molecule has 16 heavy (non-hydrogen) atoms. The molecule has 0 bridgehead atoms. The molecule has 0 aromatic heterocycles. The summed E-state index contributed by atoms with van der Waals surface area (Å²) in [7, 11) is 0. The predicted molar refractivity (Wildman–Crippen MR) is 67.1 cm³/mol. The van der Waals surface area contributed by atoms with Crippen molar-refractivity contribution in [3.05, 3.63) is 0 Å². The molecule has 3 heteroatoms. The van der Waals surface area contributed by atoms with E-state index in [4.69, 9.17) is 5.73 Å². The third-order valence-corrected chi connectivity index (χ3v) is 3.80. The standard InChI is InChI=1S/C13H26N2O/c1-4-12-7-6-11(3)15(12)13(16)8-5-10(2)9-14/h10-12H,4-9,14H2,1-3H3. The summed E-state index contributed by atoms with van der Waals surface area (Å²) >= 11 is 0. The van der Waals surface area contributed by atoms with Crippen molar-refractivity contribution in [3.8, 4) is 0 Å². The smallest absolute Gasteiger partial charge is 0.223 e. The van der Waals surface area contributed by atoms with E-state index in [0.717, 1.165) is 19.3 Å². The highest BCUT2D eigenvalue weighted by atomic mass is 16.2. The minimum atomic E-state index is 0.331. The van der Waals surface area contributed by atoms with Crippen molar-refractivity contribution >= 4 is 5.91 Å². The van der Waals surface area contributed by atoms with Gasteiger partial charge in [-0.25, -0.2) is 0 Å². The van der Waals surface area contributed by atoms with E-state index in [1.165, 1.54) is 6.42 Å². The van der Waals surface area contributed by atoms with Crippen LogP contribution in [0.2, 0.25) is 0 Å². The zero-order valence-electron chi connectivity index (χ0n) is 10.9. The van der Waals surface area contributed by atoms with Gasteiger partial charge in [0.15, 0.2) is 0 Å². The highest BCUT2D eigenvalue weighted by Gasteiger charge is 2.32. The normalized spacial score (nSPS) is 27.1. The maximum absolute atomic E-state index is 12.1. The van der Waals surface area contributed by atoms with Gasteiger partial charge in [0, 0.05) is 18.5 Å². The molecule has 1 amide bonds. The van der Waals surface area contributed by atoms with E-state index in [9.17, 15) is 4.79 Å². The number of carbonyl (C=O) groups is 1. The van der Waals surface area contributed by atoms with E-state index in [1.54, 1.807) is 0 Å². The lowest BCUT2D eigenvalue weighted by atomic mass is 10.0. The number of likely N-dealkylation sites (tertiary alicyclic amines) is 1. The molecule has 0 aromatic rings. The van der Waals surface area contributed by atoms with Gasteiger partial charge in [-0.1, -0.05) is 13.8 Å². The molecule has 2 N–H and O–H groups in total. The zero-order valence-corrected chi connectivity index (χ0v) is 10.9. The summed E-state index contributed by atoms with van der Waals surface area (Å²) in [5, 5.41) is 0. The third kappa shape index (κ3) is 3.21. The molecule has 94 valence electrons. The first-order chi connectivity index (χ1) is 7.60. The number of amides is 1. The van der Waals surface area contributed by atoms with Crippen LogP contribution in [-0.2, 0) is 4.79 Å². The molecular weight excluding hydrogens is 200 g/mol. The van der Waals surface area contributed by atoms with Gasteiger partial charge in [0.25, 0.3) is 0 Å². The molecule has 1 heterocycles. The lowest BCUT2D eigenvalue weighted by Gasteiger charge is -2.28. The van der Waals surface area contributed by atoms with E-state index < -0.39 is 0 Å². The predicted octanol–water partition coefficient (Wildman–Crippen LogP) is 2.15. The maximum Gasteiger partial charge on any atom is 0.223 e. The van der Waals surface area contributed by atoms with Crippen LogP contribution in [0.25, 0.3) is 0 Å². The maximum atomic E-state index is 12.1. The molecule has 1 saturated heterocycles. The summed E-state index contributed by atoms with van der Waals surface area (Å²) < 4.78 is 0. The van der Waals surface area contributed by atoms with Crippen LogP contribution in [0.3, 0.4) is 0 Å². The van der Waals surface area contributed by atoms with Crippen molar-refractivity contribution < 1.29 is 4.79 Å². The quantitative estimate of drug-likeness (QED) is 0.780. The van der Waals surface area contributed by atoms with E-state index in [0.29, 0.717) is 36.9 Å². The van der Waals surface area contributed by atoms with E-state index >= 15 is 0 Å². The molecule has 0 radical (unpaired) electrons. The van der Waals surface area contributed by atoms with Crippen LogP contribution in [0.4, 0.5) is 0 Å². The number of nitrogens with two attached hydrogens (primary N) is 1. The lowest BCUT2D eigenvalue weighted by Crippen LogP contribution is -2.39. The Kier molecular flexibility index (Phi) is 5.26. The van der Waals surface area contributed by atoms with Gasteiger partial charge >= 0.3 is 0 Å². The van der Waals surface area contributed by atoms with Gasteiger partial charge in [-0.15, -0.1) is 0 Å². The SMILES string of the molecule is CCC1CCC(C)N1C(=O)CCC(C)CN. The molecule has 1 aliphatic heterocycles. The molecule has 0 saturated carbocycles. The topological polar surface area (TPSA) is 46.3 Å². The second kappa shape index (κ2) is 6.24. The monoisotopic (exact) mass is 226 g/mol. The average molecular weight is 226 g/mol. The average Bonchev–Trinajstić information content (AvgIpc) is 2.66. The van der Waals surface area contributed by atoms with Crippen molar-refractivity contribution in [2.75, 3.05) is 6.54 Å². The van der Waals surface area contributed by atoms with Gasteiger partial charge in [-0.05, 0) is 45.1 Å². The van der Waals surface area contributed by atoms with Crippen molar-refractivity contribution in [1.29, 1.82) is 0 Å². The Morgan fingerprint density at radius 3 is 2.75 bits per heavy atom. The summed E-state index contributed by atoms with van der Waals surface area (Å²) in [6.07, 6.45) is 5.02. The molecule has 0 aromatic carbocycles. The minimum absolute atomic E-state index is 0.331. The highest BCUT2D eigenvalue weighted by molar-refractivity contribution is 5.77. The van der Waals surface area contributed by atoms with Crippen LogP contribution in [0.1, 0.15) is 52.9 Å². The Morgan fingerprint density at radius 2 is 2.19 bits per heavy atom. The number of rotatable bonds is 5. The number of nitrogens with zero attached hydrogens (tertiary/aromatic N) is 1. The summed E-state index contributed by atoms with van der Waals surface area (Å²) in [6.45, 7) is 7.13.